The monoisotopic (exact) mass is 496 g/mol. The number of hydrogen-bond acceptors (Lipinski definition) is 14. The van der Waals surface area contributed by atoms with Gasteiger partial charge in [0.15, 0.2) is 12.2 Å². The molecule has 4 atom stereocenters. The van der Waals surface area contributed by atoms with Gasteiger partial charge in [-0.1, -0.05) is 0 Å². The third kappa shape index (κ3) is 14.8. The Kier molecular flexibility index (Phi) is 13.8. The minimum atomic E-state index is -1.42. The molecular formula is C18H28O14Si. The Labute approximate surface area is 191 Å². The zero-order valence-corrected chi connectivity index (χ0v) is 19.0. The third-order valence-electron chi connectivity index (χ3n) is 4.06. The lowest BCUT2D eigenvalue weighted by Gasteiger charge is -2.09. The van der Waals surface area contributed by atoms with Gasteiger partial charge >= 0.3 is 21.6 Å². The number of cyclic esters (lactones) is 4. The SMILES string of the molecule is C(COCC1CO1)OCC1CO1.O=C1OCC(COCCOCC2COC(=O)O2)O1.O=[Si]=O. The highest BCUT2D eigenvalue weighted by Crippen LogP contribution is 2.10. The molecule has 0 aliphatic carbocycles. The maximum atomic E-state index is 10.6. The van der Waals surface area contributed by atoms with Gasteiger partial charge in [-0.05, 0) is 0 Å². The largest absolute Gasteiger partial charge is 0.549 e. The average molecular weight is 496 g/mol. The molecule has 0 bridgehead atoms. The molecule has 0 aromatic heterocycles. The summed E-state index contributed by atoms with van der Waals surface area (Å²) < 4.78 is 66.5. The molecule has 33 heavy (non-hydrogen) atoms. The summed E-state index contributed by atoms with van der Waals surface area (Å²) in [6, 6.07) is 0. The molecule has 4 unspecified atom stereocenters. The van der Waals surface area contributed by atoms with Crippen LogP contribution in [0.5, 0.6) is 0 Å². The summed E-state index contributed by atoms with van der Waals surface area (Å²) in [6.07, 6.45) is -1.30. The molecule has 14 nitrogen and oxygen atoms in total. The molecule has 4 heterocycles. The van der Waals surface area contributed by atoms with Gasteiger partial charge in [0.1, 0.15) is 25.4 Å². The average Bonchev–Trinajstić information content (AvgIpc) is 3.71. The van der Waals surface area contributed by atoms with Crippen molar-refractivity contribution in [3.8, 4) is 0 Å². The zero-order chi connectivity index (χ0) is 23.7. The van der Waals surface area contributed by atoms with Gasteiger partial charge in [-0.2, -0.15) is 0 Å². The summed E-state index contributed by atoms with van der Waals surface area (Å²) in [5.41, 5.74) is 0. The van der Waals surface area contributed by atoms with E-state index < -0.39 is 21.6 Å². The van der Waals surface area contributed by atoms with Crippen LogP contribution in [0.4, 0.5) is 9.59 Å². The smallest absolute Gasteiger partial charge is 0.430 e. The molecule has 0 aromatic rings. The van der Waals surface area contributed by atoms with Crippen molar-refractivity contribution in [1.29, 1.82) is 0 Å². The maximum Gasteiger partial charge on any atom is 0.549 e. The molecule has 0 aromatic carbocycles. The van der Waals surface area contributed by atoms with Crippen LogP contribution in [0.3, 0.4) is 0 Å². The summed E-state index contributed by atoms with van der Waals surface area (Å²) in [5.74, 6) is 0. The topological polar surface area (TPSA) is 167 Å². The molecule has 0 radical (unpaired) electrons. The Bertz CT molecular complexity index is 559. The predicted octanol–water partition coefficient (Wildman–Crippen LogP) is -0.711. The molecule has 0 N–H and O–H groups in total. The van der Waals surface area contributed by atoms with E-state index in [1.54, 1.807) is 0 Å². The van der Waals surface area contributed by atoms with Crippen LogP contribution < -0.4 is 0 Å². The fourth-order valence-electron chi connectivity index (χ4n) is 2.32. The van der Waals surface area contributed by atoms with E-state index in [4.69, 9.17) is 46.8 Å². The minimum absolute atomic E-state index is 0.217. The van der Waals surface area contributed by atoms with Gasteiger partial charge in [0.05, 0.1) is 66.1 Å². The third-order valence-corrected chi connectivity index (χ3v) is 4.06. The molecule has 4 fully saturated rings. The second kappa shape index (κ2) is 16.7. The van der Waals surface area contributed by atoms with Crippen molar-refractivity contribution in [3.05, 3.63) is 0 Å². The van der Waals surface area contributed by atoms with Gasteiger partial charge in [0.2, 0.25) is 0 Å². The quantitative estimate of drug-likeness (QED) is 0.128. The summed E-state index contributed by atoms with van der Waals surface area (Å²) in [4.78, 5) is 21.2. The fourth-order valence-corrected chi connectivity index (χ4v) is 2.32. The number of rotatable bonds is 14. The van der Waals surface area contributed by atoms with Gasteiger partial charge in [-0.15, -0.1) is 0 Å². The minimum Gasteiger partial charge on any atom is -0.430 e. The van der Waals surface area contributed by atoms with Crippen LogP contribution in [-0.2, 0) is 56.3 Å². The van der Waals surface area contributed by atoms with E-state index in [1.165, 1.54) is 0 Å². The maximum absolute atomic E-state index is 10.6. The number of epoxide rings is 2. The summed E-state index contributed by atoms with van der Waals surface area (Å²) >= 11 is 0. The molecule has 4 saturated heterocycles. The highest BCUT2D eigenvalue weighted by atomic mass is 28.2. The molecule has 188 valence electrons. The Balaban J connectivity index is 0.000000221. The molecule has 4 rings (SSSR count). The van der Waals surface area contributed by atoms with Crippen LogP contribution in [0, 0.1) is 0 Å². The van der Waals surface area contributed by atoms with Crippen molar-refractivity contribution in [2.24, 2.45) is 0 Å². The Morgan fingerprint density at radius 3 is 1.15 bits per heavy atom. The molecule has 4 aliphatic rings. The van der Waals surface area contributed by atoms with Gasteiger partial charge in [-0.3, -0.25) is 8.92 Å². The molecular weight excluding hydrogens is 468 g/mol. The van der Waals surface area contributed by atoms with Crippen LogP contribution in [0.1, 0.15) is 0 Å². The first-order chi connectivity index (χ1) is 16.1. The number of carbonyl (C=O) groups excluding carboxylic acids is 2. The number of hydrogen-bond donors (Lipinski definition) is 0. The van der Waals surface area contributed by atoms with E-state index in [2.05, 4.69) is 9.47 Å². The van der Waals surface area contributed by atoms with E-state index in [-0.39, 0.29) is 38.6 Å². The first-order valence-electron chi connectivity index (χ1n) is 10.3. The number of ether oxygens (including phenoxy) is 10. The molecule has 0 spiro atoms. The standard InChI is InChI=1S/C10H14O8.C8H14O4.O2Si/c11-9-15-5-7(17-9)3-13-1-2-14-4-8-6-16-10(12)18-8;1(9-3-7-5-11-7)2-10-4-8-6-12-8;1-3-2/h7-8H,1-6H2;7-8H,1-6H2;. The van der Waals surface area contributed by atoms with Crippen LogP contribution in [-0.4, -0.2) is 125 Å². The fraction of sp³-hybridized carbons (Fsp3) is 0.889. The van der Waals surface area contributed by atoms with Crippen molar-refractivity contribution in [2.45, 2.75) is 24.4 Å². The van der Waals surface area contributed by atoms with Crippen LogP contribution in [0.25, 0.3) is 0 Å². The van der Waals surface area contributed by atoms with Crippen molar-refractivity contribution < 1.29 is 65.9 Å². The van der Waals surface area contributed by atoms with Gasteiger partial charge in [-0.25, -0.2) is 9.59 Å². The lowest BCUT2D eigenvalue weighted by Crippen LogP contribution is -2.22. The molecule has 15 heteroatoms. The normalized spacial score (nSPS) is 26.3. The van der Waals surface area contributed by atoms with Crippen LogP contribution >= 0.6 is 0 Å². The van der Waals surface area contributed by atoms with E-state index in [1.807, 2.05) is 0 Å². The lowest BCUT2D eigenvalue weighted by atomic mass is 10.4. The van der Waals surface area contributed by atoms with Gasteiger partial charge in [0, 0.05) is 0 Å². The van der Waals surface area contributed by atoms with Crippen LogP contribution in [0.2, 0.25) is 0 Å². The van der Waals surface area contributed by atoms with Crippen molar-refractivity contribution in [3.63, 3.8) is 0 Å². The highest BCUT2D eigenvalue weighted by molar-refractivity contribution is 5.94. The zero-order valence-electron chi connectivity index (χ0n) is 18.0. The second-order valence-corrected chi connectivity index (χ2v) is 7.06. The summed E-state index contributed by atoms with van der Waals surface area (Å²) in [7, 11) is -1.42. The van der Waals surface area contributed by atoms with Crippen molar-refractivity contribution in [1.82, 2.24) is 0 Å². The van der Waals surface area contributed by atoms with Gasteiger partial charge in [0.25, 0.3) is 0 Å². The van der Waals surface area contributed by atoms with Gasteiger partial charge < -0.3 is 47.4 Å². The summed E-state index contributed by atoms with van der Waals surface area (Å²) in [6.45, 7) is 6.15. The van der Waals surface area contributed by atoms with Crippen molar-refractivity contribution >= 4 is 21.6 Å². The van der Waals surface area contributed by atoms with E-state index in [0.717, 1.165) is 13.2 Å². The molecule has 0 saturated carbocycles. The van der Waals surface area contributed by atoms with E-state index in [9.17, 15) is 9.59 Å². The number of carbonyl (C=O) groups is 2. The summed E-state index contributed by atoms with van der Waals surface area (Å²) in [5, 5.41) is 0. The molecule has 0 amide bonds. The lowest BCUT2D eigenvalue weighted by molar-refractivity contribution is -0.00764. The van der Waals surface area contributed by atoms with Crippen LogP contribution in [0.15, 0.2) is 0 Å². The van der Waals surface area contributed by atoms with E-state index >= 15 is 0 Å². The Morgan fingerprint density at radius 1 is 0.606 bits per heavy atom. The van der Waals surface area contributed by atoms with Crippen molar-refractivity contribution in [2.75, 3.05) is 79.3 Å². The second-order valence-electron chi connectivity index (χ2n) is 6.90. The Morgan fingerprint density at radius 2 is 0.909 bits per heavy atom. The predicted molar refractivity (Wildman–Crippen MR) is 102 cm³/mol. The van der Waals surface area contributed by atoms with E-state index in [0.29, 0.717) is 51.8 Å². The first kappa shape index (κ1) is 27.4. The Hall–Kier alpha value is -1.88. The highest BCUT2D eigenvalue weighted by Gasteiger charge is 2.26. The first-order valence-corrected chi connectivity index (χ1v) is 11.1. The molecule has 4 aliphatic heterocycles.